The van der Waals surface area contributed by atoms with Gasteiger partial charge in [-0.1, -0.05) is 173 Å². The first-order valence-electron chi connectivity index (χ1n) is 28.1. The van der Waals surface area contributed by atoms with Crippen molar-refractivity contribution < 1.29 is 64.6 Å². The lowest BCUT2D eigenvalue weighted by Gasteiger charge is -2.46. The van der Waals surface area contributed by atoms with Crippen molar-refractivity contribution in [1.82, 2.24) is 5.32 Å². The number of hydrogen-bond acceptors (Lipinski definition) is 13. The van der Waals surface area contributed by atoms with Crippen LogP contribution in [-0.2, 0) is 23.7 Å². The lowest BCUT2D eigenvalue weighted by molar-refractivity contribution is -0.359. The number of rotatable bonds is 41. The topological polar surface area (TPSA) is 228 Å². The first-order valence-corrected chi connectivity index (χ1v) is 28.1. The molecule has 2 fully saturated rings. The summed E-state index contributed by atoms with van der Waals surface area (Å²) in [4.78, 5) is 13.2. The highest BCUT2D eigenvalue weighted by molar-refractivity contribution is 5.76. The minimum absolute atomic E-state index is 0.207. The first kappa shape index (κ1) is 68.0. The fraction of sp³-hybridized carbons (Fsp3) is 0.597. The predicted octanol–water partition coefficient (Wildman–Crippen LogP) is 8.99. The SMILES string of the molecule is CC/C=C\C/C=C\C/C=C\C/C=C\C/C=C\C/C=C\C/C=C\C/C=C\C/C=C\C/C=C\CCCCC(=O)NC(COC1OC(CO)C(OC2OC(CO)C(O)C(O)C2O)C(O)C1O)C(O)/C=C/CC/C=C/CCCCC. The first-order chi connectivity index (χ1) is 37.1. The Bertz CT molecular complexity index is 1830. The molecule has 0 saturated carbocycles. The molecule has 2 aliphatic rings. The van der Waals surface area contributed by atoms with Crippen molar-refractivity contribution in [2.75, 3.05) is 19.8 Å². The van der Waals surface area contributed by atoms with Crippen LogP contribution in [0, 0.1) is 0 Å². The summed E-state index contributed by atoms with van der Waals surface area (Å²) in [6.45, 7) is 2.53. The Morgan fingerprint density at radius 2 is 0.908 bits per heavy atom. The molecule has 0 bridgehead atoms. The van der Waals surface area contributed by atoms with Crippen LogP contribution in [0.15, 0.2) is 146 Å². The number of aliphatic hydroxyl groups is 8. The Labute approximate surface area is 455 Å². The van der Waals surface area contributed by atoms with Gasteiger partial charge in [-0.3, -0.25) is 4.79 Å². The highest BCUT2D eigenvalue weighted by Crippen LogP contribution is 2.30. The van der Waals surface area contributed by atoms with E-state index in [0.29, 0.717) is 12.8 Å². The van der Waals surface area contributed by atoms with Crippen LogP contribution in [0.1, 0.15) is 142 Å². The van der Waals surface area contributed by atoms with Crippen molar-refractivity contribution in [2.45, 2.75) is 216 Å². The van der Waals surface area contributed by atoms with E-state index < -0.39 is 86.8 Å². The zero-order valence-electron chi connectivity index (χ0n) is 45.7. The van der Waals surface area contributed by atoms with Crippen molar-refractivity contribution in [3.05, 3.63) is 146 Å². The number of carbonyl (C=O) groups excluding carboxylic acids is 1. The summed E-state index contributed by atoms with van der Waals surface area (Å²) in [5.41, 5.74) is 0. The highest BCUT2D eigenvalue weighted by Gasteiger charge is 2.51. The van der Waals surface area contributed by atoms with Gasteiger partial charge in [0.25, 0.3) is 0 Å². The molecule has 76 heavy (non-hydrogen) atoms. The van der Waals surface area contributed by atoms with E-state index >= 15 is 0 Å². The Hall–Kier alpha value is -4.13. The van der Waals surface area contributed by atoms with E-state index in [9.17, 15) is 45.6 Å². The van der Waals surface area contributed by atoms with Gasteiger partial charge >= 0.3 is 0 Å². The van der Waals surface area contributed by atoms with Gasteiger partial charge in [0, 0.05) is 6.42 Å². The maximum Gasteiger partial charge on any atom is 0.220 e. The second kappa shape index (κ2) is 45.8. The van der Waals surface area contributed by atoms with E-state index in [-0.39, 0.29) is 18.9 Å². The van der Waals surface area contributed by atoms with Crippen molar-refractivity contribution >= 4 is 5.91 Å². The molecule has 0 radical (unpaired) electrons. The maximum atomic E-state index is 13.2. The standard InChI is InChI=1S/C62H97NO13/c1-3-5-7-9-11-13-14-15-16-17-18-19-20-21-22-23-24-25-26-27-28-29-30-31-32-33-34-35-36-38-40-42-44-46-54(67)63-50(51(66)45-43-41-39-37-12-10-8-6-4-2)49-73-61-59(72)57(70)60(53(48-65)75-61)76-62-58(71)56(69)55(68)52(47-64)74-62/h5,7,11-13,15-16,18-19,21-22,24-25,27-28,30-31,33-34,36-38,43,45,50-53,55-62,64-66,68-72H,3-4,6,8-10,14,17,20,23,26,29,32,35,39-42,44,46-49H2,1-2H3,(H,63,67)/b7-5-,13-11-,16-15-,19-18-,22-21-,25-24-,28-27-,31-30-,34-33-,37-12+,38-36-,45-43+. The molecule has 9 N–H and O–H groups in total. The molecule has 12 atom stereocenters. The molecule has 14 nitrogen and oxygen atoms in total. The van der Waals surface area contributed by atoms with Gasteiger partial charge in [0.05, 0.1) is 32.0 Å². The zero-order chi connectivity index (χ0) is 55.3. The minimum atomic E-state index is -1.80. The monoisotopic (exact) mass is 1060 g/mol. The summed E-state index contributed by atoms with van der Waals surface area (Å²) >= 11 is 0. The molecule has 0 aromatic heterocycles. The van der Waals surface area contributed by atoms with Crippen LogP contribution >= 0.6 is 0 Å². The van der Waals surface area contributed by atoms with Gasteiger partial charge < -0.3 is 65.1 Å². The minimum Gasteiger partial charge on any atom is -0.394 e. The summed E-state index contributed by atoms with van der Waals surface area (Å²) in [7, 11) is 0. The third kappa shape index (κ3) is 31.3. The average molecular weight is 1060 g/mol. The lowest BCUT2D eigenvalue weighted by Crippen LogP contribution is -2.65. The van der Waals surface area contributed by atoms with Gasteiger partial charge in [0.15, 0.2) is 12.6 Å². The van der Waals surface area contributed by atoms with Gasteiger partial charge in [-0.2, -0.15) is 0 Å². The van der Waals surface area contributed by atoms with Gasteiger partial charge in [-0.15, -0.1) is 0 Å². The molecule has 1 amide bonds. The third-order valence-electron chi connectivity index (χ3n) is 12.5. The molecule has 428 valence electrons. The zero-order valence-corrected chi connectivity index (χ0v) is 45.7. The number of ether oxygens (including phenoxy) is 4. The molecule has 2 heterocycles. The molecule has 12 unspecified atom stereocenters. The van der Waals surface area contributed by atoms with E-state index in [2.05, 4.69) is 153 Å². The molecular weight excluding hydrogens is 967 g/mol. The highest BCUT2D eigenvalue weighted by atomic mass is 16.7. The molecule has 0 spiro atoms. The second-order valence-corrected chi connectivity index (χ2v) is 19.0. The van der Waals surface area contributed by atoms with Crippen molar-refractivity contribution in [3.8, 4) is 0 Å². The van der Waals surface area contributed by atoms with E-state index in [1.807, 2.05) is 6.08 Å². The second-order valence-electron chi connectivity index (χ2n) is 19.0. The number of amides is 1. The fourth-order valence-electron chi connectivity index (χ4n) is 7.98. The van der Waals surface area contributed by atoms with Crippen molar-refractivity contribution in [3.63, 3.8) is 0 Å². The quantitative estimate of drug-likeness (QED) is 0.0206. The summed E-state index contributed by atoms with van der Waals surface area (Å²) in [5, 5.41) is 86.6. The Balaban J connectivity index is 1.72. The number of unbranched alkanes of at least 4 members (excludes halogenated alkanes) is 6. The molecule has 2 saturated heterocycles. The fourth-order valence-corrected chi connectivity index (χ4v) is 7.98. The van der Waals surface area contributed by atoms with Gasteiger partial charge in [0.1, 0.15) is 48.8 Å². The largest absolute Gasteiger partial charge is 0.394 e. The Morgan fingerprint density at radius 3 is 1.39 bits per heavy atom. The smallest absolute Gasteiger partial charge is 0.220 e. The van der Waals surface area contributed by atoms with Crippen LogP contribution in [0.4, 0.5) is 0 Å². The number of allylic oxidation sites excluding steroid dienone is 23. The summed E-state index contributed by atoms with van der Waals surface area (Å²) in [5.74, 6) is -0.303. The lowest BCUT2D eigenvalue weighted by atomic mass is 9.97. The summed E-state index contributed by atoms with van der Waals surface area (Å²) < 4.78 is 22.6. The van der Waals surface area contributed by atoms with E-state index in [0.717, 1.165) is 103 Å². The summed E-state index contributed by atoms with van der Waals surface area (Å²) in [6.07, 6.45) is 52.1. The van der Waals surface area contributed by atoms with Gasteiger partial charge in [0.2, 0.25) is 5.91 Å². The van der Waals surface area contributed by atoms with Crippen LogP contribution in [0.25, 0.3) is 0 Å². The predicted molar refractivity (Wildman–Crippen MR) is 304 cm³/mol. The van der Waals surface area contributed by atoms with E-state index in [1.165, 1.54) is 6.42 Å². The normalized spacial score (nSPS) is 26.0. The summed E-state index contributed by atoms with van der Waals surface area (Å²) in [6, 6.07) is -0.964. The van der Waals surface area contributed by atoms with Crippen LogP contribution in [0.3, 0.4) is 0 Å². The van der Waals surface area contributed by atoms with Crippen LogP contribution in [0.2, 0.25) is 0 Å². The number of aliphatic hydroxyl groups excluding tert-OH is 8. The number of carbonyl (C=O) groups is 1. The molecule has 0 aromatic carbocycles. The molecule has 2 aliphatic heterocycles. The molecular formula is C62H97NO13. The molecule has 0 aliphatic carbocycles. The third-order valence-corrected chi connectivity index (χ3v) is 12.5. The van der Waals surface area contributed by atoms with Crippen LogP contribution in [-0.4, -0.2) is 140 Å². The van der Waals surface area contributed by atoms with Gasteiger partial charge in [-0.05, 0) is 109 Å². The number of nitrogens with one attached hydrogen (secondary N) is 1. The van der Waals surface area contributed by atoms with Crippen LogP contribution in [0.5, 0.6) is 0 Å². The number of hydrogen-bond donors (Lipinski definition) is 9. The molecule has 0 aromatic rings. The van der Waals surface area contributed by atoms with Gasteiger partial charge in [-0.25, -0.2) is 0 Å². The average Bonchev–Trinajstić information content (AvgIpc) is 3.42. The van der Waals surface area contributed by atoms with E-state index in [1.54, 1.807) is 6.08 Å². The molecule has 2 rings (SSSR count). The Kier molecular flexibility index (Phi) is 41.0. The van der Waals surface area contributed by atoms with Crippen molar-refractivity contribution in [1.29, 1.82) is 0 Å². The maximum absolute atomic E-state index is 13.2. The van der Waals surface area contributed by atoms with Crippen LogP contribution < -0.4 is 5.32 Å². The Morgan fingerprint density at radius 1 is 0.487 bits per heavy atom. The molecule has 14 heteroatoms. The van der Waals surface area contributed by atoms with Crippen molar-refractivity contribution in [2.24, 2.45) is 0 Å². The van der Waals surface area contributed by atoms with E-state index in [4.69, 9.17) is 18.9 Å².